The lowest BCUT2D eigenvalue weighted by Gasteiger charge is -2.38. The quantitative estimate of drug-likeness (QED) is 0.875. The van der Waals surface area contributed by atoms with Crippen molar-refractivity contribution >= 4 is 5.91 Å². The lowest BCUT2D eigenvalue weighted by Crippen LogP contribution is -2.52. The van der Waals surface area contributed by atoms with Gasteiger partial charge < -0.3 is 10.0 Å². The summed E-state index contributed by atoms with van der Waals surface area (Å²) in [6.45, 7) is 5.58. The number of rotatable bonds is 5. The number of benzene rings is 1. The molecule has 1 heterocycles. The van der Waals surface area contributed by atoms with Crippen LogP contribution in [0, 0.1) is 0 Å². The van der Waals surface area contributed by atoms with Gasteiger partial charge in [-0.1, -0.05) is 30.3 Å². The molecule has 0 unspecified atom stereocenters. The van der Waals surface area contributed by atoms with Crippen LogP contribution in [0.2, 0.25) is 0 Å². The molecule has 1 amide bonds. The number of carbonyl (C=O) groups is 1. The van der Waals surface area contributed by atoms with E-state index in [4.69, 9.17) is 0 Å². The molecule has 0 spiro atoms. The number of nitrogens with zero attached hydrogens (tertiary/aromatic N) is 3. The predicted octanol–water partition coefficient (Wildman–Crippen LogP) is 0.814. The first-order valence-corrected chi connectivity index (χ1v) is 7.89. The van der Waals surface area contributed by atoms with Gasteiger partial charge >= 0.3 is 0 Å². The largest absolute Gasteiger partial charge is 0.392 e. The molecule has 1 N–H and O–H groups in total. The van der Waals surface area contributed by atoms with E-state index in [2.05, 4.69) is 4.90 Å². The van der Waals surface area contributed by atoms with E-state index in [9.17, 15) is 9.90 Å². The monoisotopic (exact) mass is 305 g/mol. The Labute approximate surface area is 133 Å². The third-order valence-corrected chi connectivity index (χ3v) is 4.07. The molecule has 1 aromatic rings. The van der Waals surface area contributed by atoms with Gasteiger partial charge in [0.25, 0.3) is 0 Å². The molecule has 0 aromatic heterocycles. The van der Waals surface area contributed by atoms with E-state index in [0.29, 0.717) is 6.54 Å². The van der Waals surface area contributed by atoms with Crippen molar-refractivity contribution in [2.45, 2.75) is 19.1 Å². The van der Waals surface area contributed by atoms with Gasteiger partial charge in [-0.3, -0.25) is 14.6 Å². The second kappa shape index (κ2) is 7.72. The molecular weight excluding hydrogens is 278 g/mol. The molecule has 0 radical (unpaired) electrons. The molecule has 0 saturated carbocycles. The Bertz CT molecular complexity index is 468. The zero-order valence-electron chi connectivity index (χ0n) is 13.8. The Hall–Kier alpha value is -1.43. The van der Waals surface area contributed by atoms with Crippen LogP contribution in [-0.2, 0) is 4.79 Å². The van der Waals surface area contributed by atoms with Gasteiger partial charge in [0.2, 0.25) is 5.91 Å². The molecule has 1 saturated heterocycles. The predicted molar refractivity (Wildman–Crippen MR) is 87.6 cm³/mol. The van der Waals surface area contributed by atoms with Crippen LogP contribution in [-0.4, -0.2) is 78.6 Å². The summed E-state index contributed by atoms with van der Waals surface area (Å²) in [5.74, 6) is 0.160. The van der Waals surface area contributed by atoms with Gasteiger partial charge in [-0.15, -0.1) is 0 Å². The lowest BCUT2D eigenvalue weighted by molar-refractivity contribution is -0.138. The van der Waals surface area contributed by atoms with Crippen molar-refractivity contribution in [1.29, 1.82) is 0 Å². The van der Waals surface area contributed by atoms with Crippen LogP contribution >= 0.6 is 0 Å². The van der Waals surface area contributed by atoms with E-state index < -0.39 is 0 Å². The maximum absolute atomic E-state index is 12.9. The molecule has 5 nitrogen and oxygen atoms in total. The minimum atomic E-state index is -0.318. The van der Waals surface area contributed by atoms with Crippen molar-refractivity contribution in [3.8, 4) is 0 Å². The number of amides is 1. The molecule has 1 aliphatic rings. The van der Waals surface area contributed by atoms with Crippen molar-refractivity contribution in [3.63, 3.8) is 0 Å². The third kappa shape index (κ3) is 4.29. The number of hydrogen-bond acceptors (Lipinski definition) is 4. The number of hydrogen-bond donors (Lipinski definition) is 1. The van der Waals surface area contributed by atoms with Gasteiger partial charge in [0.05, 0.1) is 6.10 Å². The normalized spacial score (nSPS) is 19.2. The summed E-state index contributed by atoms with van der Waals surface area (Å²) in [7, 11) is 3.89. The van der Waals surface area contributed by atoms with Crippen molar-refractivity contribution < 1.29 is 9.90 Å². The van der Waals surface area contributed by atoms with Crippen LogP contribution in [0.5, 0.6) is 0 Å². The van der Waals surface area contributed by atoms with Gasteiger partial charge in [-0.2, -0.15) is 0 Å². The van der Waals surface area contributed by atoms with Crippen molar-refractivity contribution in [3.05, 3.63) is 35.9 Å². The smallest absolute Gasteiger partial charge is 0.244 e. The van der Waals surface area contributed by atoms with Crippen LogP contribution in [0.4, 0.5) is 0 Å². The van der Waals surface area contributed by atoms with Gasteiger partial charge in [0, 0.05) is 32.7 Å². The van der Waals surface area contributed by atoms with Crippen molar-refractivity contribution in [2.75, 3.05) is 46.8 Å². The van der Waals surface area contributed by atoms with Gasteiger partial charge in [-0.05, 0) is 26.6 Å². The lowest BCUT2D eigenvalue weighted by atomic mass is 10.0. The molecule has 2 rings (SSSR count). The summed E-state index contributed by atoms with van der Waals surface area (Å²) in [4.78, 5) is 19.0. The van der Waals surface area contributed by atoms with Gasteiger partial charge in [0.1, 0.15) is 6.04 Å². The fourth-order valence-corrected chi connectivity index (χ4v) is 2.99. The second-order valence-electron chi connectivity index (χ2n) is 6.25. The van der Waals surface area contributed by atoms with Crippen LogP contribution < -0.4 is 0 Å². The van der Waals surface area contributed by atoms with Crippen LogP contribution in [0.3, 0.4) is 0 Å². The number of piperazine rings is 1. The van der Waals surface area contributed by atoms with Crippen LogP contribution in [0.1, 0.15) is 18.5 Å². The Morgan fingerprint density at radius 2 is 1.77 bits per heavy atom. The van der Waals surface area contributed by atoms with Crippen LogP contribution in [0.15, 0.2) is 30.3 Å². The molecule has 0 aliphatic carbocycles. The number of carbonyl (C=O) groups excluding carboxylic acids is 1. The fourth-order valence-electron chi connectivity index (χ4n) is 2.99. The van der Waals surface area contributed by atoms with E-state index in [1.165, 1.54) is 0 Å². The van der Waals surface area contributed by atoms with E-state index in [-0.39, 0.29) is 18.1 Å². The first kappa shape index (κ1) is 16.9. The summed E-state index contributed by atoms with van der Waals surface area (Å²) in [5.41, 5.74) is 1.03. The highest BCUT2D eigenvalue weighted by Crippen LogP contribution is 2.21. The maximum atomic E-state index is 12.9. The Kier molecular flexibility index (Phi) is 5.94. The first-order chi connectivity index (χ1) is 10.5. The zero-order valence-corrected chi connectivity index (χ0v) is 13.8. The van der Waals surface area contributed by atoms with Gasteiger partial charge in [0.15, 0.2) is 0 Å². The Balaban J connectivity index is 2.01. The molecule has 0 bridgehead atoms. The summed E-state index contributed by atoms with van der Waals surface area (Å²) in [6.07, 6.45) is -0.318. The summed E-state index contributed by atoms with van der Waals surface area (Å²) in [6, 6.07) is 9.69. The van der Waals surface area contributed by atoms with Crippen molar-refractivity contribution in [2.24, 2.45) is 0 Å². The zero-order chi connectivity index (χ0) is 16.1. The number of β-amino-alcohol motifs (C(OH)–C–C–N with tert-alkyl or cyclic N) is 1. The fraction of sp³-hybridized carbons (Fsp3) is 0.588. The third-order valence-electron chi connectivity index (χ3n) is 4.07. The highest BCUT2D eigenvalue weighted by Gasteiger charge is 2.30. The molecule has 1 fully saturated rings. The average Bonchev–Trinajstić information content (AvgIpc) is 2.48. The van der Waals surface area contributed by atoms with E-state index in [1.807, 2.05) is 54.2 Å². The number of aliphatic hydroxyl groups is 1. The van der Waals surface area contributed by atoms with Gasteiger partial charge in [-0.25, -0.2) is 0 Å². The van der Waals surface area contributed by atoms with Crippen molar-refractivity contribution in [1.82, 2.24) is 14.7 Å². The highest BCUT2D eigenvalue weighted by atomic mass is 16.3. The molecule has 2 atom stereocenters. The summed E-state index contributed by atoms with van der Waals surface area (Å²) >= 11 is 0. The minimum absolute atomic E-state index is 0.160. The number of likely N-dealkylation sites (N-methyl/N-ethyl adjacent to an activating group) is 1. The van der Waals surface area contributed by atoms with E-state index in [0.717, 1.165) is 31.7 Å². The molecule has 5 heteroatoms. The summed E-state index contributed by atoms with van der Waals surface area (Å²) in [5, 5.41) is 9.46. The SMILES string of the molecule is C[C@H](O)CN1CCN(C(=O)[C@@H](c2ccccc2)N(C)C)CC1. The second-order valence-corrected chi connectivity index (χ2v) is 6.25. The first-order valence-electron chi connectivity index (χ1n) is 7.89. The molecule has 22 heavy (non-hydrogen) atoms. The topological polar surface area (TPSA) is 47.0 Å². The number of aliphatic hydroxyl groups excluding tert-OH is 1. The van der Waals surface area contributed by atoms with E-state index in [1.54, 1.807) is 6.92 Å². The van der Waals surface area contributed by atoms with E-state index >= 15 is 0 Å². The molecule has 1 aromatic carbocycles. The Morgan fingerprint density at radius 3 is 2.27 bits per heavy atom. The van der Waals surface area contributed by atoms with Crippen LogP contribution in [0.25, 0.3) is 0 Å². The average molecular weight is 305 g/mol. The standard InChI is InChI=1S/C17H27N3O2/c1-14(21)13-19-9-11-20(12-10-19)17(22)16(18(2)3)15-7-5-4-6-8-15/h4-8,14,16,21H,9-13H2,1-3H3/t14-,16+/m0/s1. The summed E-state index contributed by atoms with van der Waals surface area (Å²) < 4.78 is 0. The molecular formula is C17H27N3O2. The molecule has 1 aliphatic heterocycles. The minimum Gasteiger partial charge on any atom is -0.392 e. The maximum Gasteiger partial charge on any atom is 0.244 e. The molecule has 122 valence electrons. The Morgan fingerprint density at radius 1 is 1.18 bits per heavy atom. The highest BCUT2D eigenvalue weighted by molar-refractivity contribution is 5.83.